The van der Waals surface area contributed by atoms with Crippen LogP contribution in [-0.2, 0) is 0 Å². The van der Waals surface area contributed by atoms with Crippen molar-refractivity contribution in [3.05, 3.63) is 179 Å². The Bertz CT molecular complexity index is 2240. The molecule has 0 fully saturated rings. The second-order valence-corrected chi connectivity index (χ2v) is 12.0. The summed E-state index contributed by atoms with van der Waals surface area (Å²) < 4.78 is 1.08. The second kappa shape index (κ2) is 11.6. The Balaban J connectivity index is 1.26. The van der Waals surface area contributed by atoms with E-state index in [1.165, 1.54) is 38.2 Å². The second-order valence-electron chi connectivity index (χ2n) is 11.2. The number of hydrogen-bond donors (Lipinski definition) is 1. The van der Waals surface area contributed by atoms with Gasteiger partial charge in [-0.3, -0.25) is 0 Å². The van der Waals surface area contributed by atoms with Gasteiger partial charge in [0.25, 0.3) is 0 Å². The van der Waals surface area contributed by atoms with Crippen molar-refractivity contribution >= 4 is 49.1 Å². The van der Waals surface area contributed by atoms with Crippen molar-refractivity contribution in [1.29, 1.82) is 0 Å². The number of halogens is 1. The van der Waals surface area contributed by atoms with Crippen molar-refractivity contribution in [3.63, 3.8) is 0 Å². The van der Waals surface area contributed by atoms with Gasteiger partial charge in [-0.05, 0) is 49.9 Å². The first-order valence-electron chi connectivity index (χ1n) is 15.1. The van der Waals surface area contributed by atoms with Gasteiger partial charge in [0.05, 0.1) is 0 Å². The smallest absolute Gasteiger partial charge is 0.159 e. The van der Waals surface area contributed by atoms with Crippen molar-refractivity contribution in [2.24, 2.45) is 9.98 Å². The molecule has 8 rings (SSSR count). The Kier molecular flexibility index (Phi) is 7.05. The van der Waals surface area contributed by atoms with Crippen molar-refractivity contribution in [1.82, 2.24) is 5.32 Å². The lowest BCUT2D eigenvalue weighted by Crippen LogP contribution is -2.33. The lowest BCUT2D eigenvalue weighted by atomic mass is 9.87. The Hall–Kier alpha value is -5.32. The first-order chi connectivity index (χ1) is 22.2. The largest absolute Gasteiger partial charge is 0.344 e. The van der Waals surface area contributed by atoms with Gasteiger partial charge in [0.2, 0.25) is 0 Å². The van der Waals surface area contributed by atoms with E-state index >= 15 is 0 Å². The van der Waals surface area contributed by atoms with Gasteiger partial charge < -0.3 is 5.32 Å². The predicted molar refractivity (Wildman–Crippen MR) is 192 cm³/mol. The van der Waals surface area contributed by atoms with Crippen LogP contribution in [0.25, 0.3) is 43.8 Å². The average molecular weight is 643 g/mol. The van der Waals surface area contributed by atoms with Crippen LogP contribution in [0, 0.1) is 0 Å². The molecule has 45 heavy (non-hydrogen) atoms. The third kappa shape index (κ3) is 5.13. The third-order valence-electron chi connectivity index (χ3n) is 8.42. The van der Waals surface area contributed by atoms with Crippen LogP contribution >= 0.6 is 15.9 Å². The zero-order valence-corrected chi connectivity index (χ0v) is 25.9. The highest BCUT2D eigenvalue weighted by Crippen LogP contribution is 2.44. The van der Waals surface area contributed by atoms with Crippen LogP contribution in [0.15, 0.2) is 172 Å². The van der Waals surface area contributed by atoms with Crippen molar-refractivity contribution < 1.29 is 0 Å². The lowest BCUT2D eigenvalue weighted by molar-refractivity contribution is 0.674. The SMILES string of the molecule is Brc1ccc2ccccc2c1-c1c(-c2ccc(C3=NC(c4ccccc4)NC(c4ccccc4)=N3)cc2)ccc2ccccc12. The molecule has 1 unspecified atom stereocenters. The Morgan fingerprint density at radius 1 is 0.489 bits per heavy atom. The maximum Gasteiger partial charge on any atom is 0.159 e. The molecule has 0 saturated heterocycles. The molecule has 0 amide bonds. The highest BCUT2D eigenvalue weighted by Gasteiger charge is 2.22. The Morgan fingerprint density at radius 2 is 1.07 bits per heavy atom. The van der Waals surface area contributed by atoms with Gasteiger partial charge in [0.1, 0.15) is 12.0 Å². The number of benzene rings is 7. The van der Waals surface area contributed by atoms with Crippen molar-refractivity contribution in [2.45, 2.75) is 6.17 Å². The van der Waals surface area contributed by atoms with Gasteiger partial charge in [-0.1, -0.05) is 168 Å². The van der Waals surface area contributed by atoms with E-state index in [9.17, 15) is 0 Å². The molecule has 0 spiro atoms. The molecule has 214 valence electrons. The highest BCUT2D eigenvalue weighted by molar-refractivity contribution is 9.10. The summed E-state index contributed by atoms with van der Waals surface area (Å²) in [7, 11) is 0. The van der Waals surface area contributed by atoms with Crippen LogP contribution in [-0.4, -0.2) is 11.7 Å². The van der Waals surface area contributed by atoms with Gasteiger partial charge >= 0.3 is 0 Å². The van der Waals surface area contributed by atoms with Crippen LogP contribution in [0.4, 0.5) is 0 Å². The molecule has 3 nitrogen and oxygen atoms in total. The molecule has 1 atom stereocenters. The topological polar surface area (TPSA) is 36.8 Å². The molecule has 0 saturated carbocycles. The zero-order chi connectivity index (χ0) is 30.2. The molecule has 4 heteroatoms. The monoisotopic (exact) mass is 641 g/mol. The van der Waals surface area contributed by atoms with Crippen LogP contribution in [0.3, 0.4) is 0 Å². The summed E-state index contributed by atoms with van der Waals surface area (Å²) in [5.41, 5.74) is 7.84. The normalized spacial score (nSPS) is 14.6. The number of aliphatic imine (C=N–C) groups is 2. The molecule has 0 aromatic heterocycles. The molecular weight excluding hydrogens is 614 g/mol. The molecular formula is C41H28BrN3. The summed E-state index contributed by atoms with van der Waals surface area (Å²) in [6.07, 6.45) is -0.232. The fraction of sp³-hybridized carbons (Fsp3) is 0.0244. The van der Waals surface area contributed by atoms with E-state index < -0.39 is 0 Å². The Morgan fingerprint density at radius 3 is 1.78 bits per heavy atom. The number of fused-ring (bicyclic) bond motifs is 2. The fourth-order valence-electron chi connectivity index (χ4n) is 6.21. The quantitative estimate of drug-likeness (QED) is 0.199. The summed E-state index contributed by atoms with van der Waals surface area (Å²) in [4.78, 5) is 10.1. The minimum Gasteiger partial charge on any atom is -0.344 e. The van der Waals surface area contributed by atoms with E-state index in [1.54, 1.807) is 0 Å². The highest BCUT2D eigenvalue weighted by atomic mass is 79.9. The molecule has 7 aromatic carbocycles. The van der Waals surface area contributed by atoms with Crippen LogP contribution in [0.1, 0.15) is 22.9 Å². The number of nitrogens with one attached hydrogen (secondary N) is 1. The molecule has 1 heterocycles. The van der Waals surface area contributed by atoms with E-state index in [1.807, 2.05) is 36.4 Å². The first kappa shape index (κ1) is 27.2. The van der Waals surface area contributed by atoms with Gasteiger partial charge in [0.15, 0.2) is 5.84 Å². The van der Waals surface area contributed by atoms with Crippen molar-refractivity contribution in [3.8, 4) is 22.3 Å². The number of amidine groups is 2. The first-order valence-corrected chi connectivity index (χ1v) is 15.9. The summed E-state index contributed by atoms with van der Waals surface area (Å²) in [6.45, 7) is 0. The average Bonchev–Trinajstić information content (AvgIpc) is 3.12. The molecule has 0 bridgehead atoms. The molecule has 1 N–H and O–H groups in total. The molecule has 7 aromatic rings. The minimum absolute atomic E-state index is 0.232. The maximum atomic E-state index is 5.06. The zero-order valence-electron chi connectivity index (χ0n) is 24.4. The third-order valence-corrected chi connectivity index (χ3v) is 9.08. The number of nitrogens with zero attached hydrogens (tertiary/aromatic N) is 2. The van der Waals surface area contributed by atoms with Crippen LogP contribution in [0.2, 0.25) is 0 Å². The van der Waals surface area contributed by atoms with E-state index in [0.29, 0.717) is 5.84 Å². The minimum atomic E-state index is -0.232. The van der Waals surface area contributed by atoms with E-state index in [-0.39, 0.29) is 6.17 Å². The van der Waals surface area contributed by atoms with E-state index in [2.05, 4.69) is 143 Å². The summed E-state index contributed by atoms with van der Waals surface area (Å²) in [5.74, 6) is 1.53. The fourth-order valence-corrected chi connectivity index (χ4v) is 6.75. The molecule has 0 radical (unpaired) electrons. The van der Waals surface area contributed by atoms with Gasteiger partial charge in [0, 0.05) is 21.2 Å². The van der Waals surface area contributed by atoms with E-state index in [4.69, 9.17) is 9.98 Å². The molecule has 1 aliphatic rings. The van der Waals surface area contributed by atoms with Crippen LogP contribution in [0.5, 0.6) is 0 Å². The maximum absolute atomic E-state index is 5.06. The van der Waals surface area contributed by atoms with Crippen molar-refractivity contribution in [2.75, 3.05) is 0 Å². The molecule has 0 aliphatic carbocycles. The Labute approximate surface area is 270 Å². The number of rotatable bonds is 5. The van der Waals surface area contributed by atoms with Gasteiger partial charge in [-0.25, -0.2) is 9.98 Å². The summed E-state index contributed by atoms with van der Waals surface area (Å²) >= 11 is 3.92. The molecule has 1 aliphatic heterocycles. The lowest BCUT2D eigenvalue weighted by Gasteiger charge is -2.23. The standard InChI is InChI=1S/C41H28BrN3/c42-36-26-24-28-12-8-10-18-34(28)38(36)37-33-17-9-7-11-27(33)23-25-35(37)29-19-21-32(22-20-29)41-44-39(30-13-3-1-4-14-30)43-40(45-41)31-15-5-2-6-16-31/h1-26,39H,(H,43,44,45). The summed E-state index contributed by atoms with van der Waals surface area (Å²) in [6, 6.07) is 55.3. The summed E-state index contributed by atoms with van der Waals surface area (Å²) in [5, 5.41) is 8.42. The van der Waals surface area contributed by atoms with Crippen LogP contribution < -0.4 is 5.32 Å². The van der Waals surface area contributed by atoms with Gasteiger partial charge in [-0.2, -0.15) is 0 Å². The predicted octanol–water partition coefficient (Wildman–Crippen LogP) is 10.6. The van der Waals surface area contributed by atoms with Gasteiger partial charge in [-0.15, -0.1) is 0 Å². The van der Waals surface area contributed by atoms with E-state index in [0.717, 1.165) is 32.6 Å². The number of hydrogen-bond acceptors (Lipinski definition) is 3.